The van der Waals surface area contributed by atoms with E-state index in [1.807, 2.05) is 0 Å². The van der Waals surface area contributed by atoms with Gasteiger partial charge in [0.2, 0.25) is 0 Å². The highest BCUT2D eigenvalue weighted by Crippen LogP contribution is 2.29. The highest BCUT2D eigenvalue weighted by Gasteiger charge is 2.23. The topological polar surface area (TPSA) is 225 Å². The fourth-order valence-electron chi connectivity index (χ4n) is 2.26. The summed E-state index contributed by atoms with van der Waals surface area (Å²) in [6.45, 7) is 24.4. The molecule has 0 saturated heterocycles. The van der Waals surface area contributed by atoms with Crippen LogP contribution in [-0.4, -0.2) is 93.0 Å². The number of aliphatic hydroxyl groups is 3. The van der Waals surface area contributed by atoms with Crippen molar-refractivity contribution in [2.75, 3.05) is 26.4 Å². The van der Waals surface area contributed by atoms with E-state index in [1.54, 1.807) is 13.8 Å². The van der Waals surface area contributed by atoms with Crippen LogP contribution in [0.5, 0.6) is 0 Å². The summed E-state index contributed by atoms with van der Waals surface area (Å²) in [4.78, 5) is 51.4. The Morgan fingerprint density at radius 3 is 0.886 bits per heavy atom. The van der Waals surface area contributed by atoms with Gasteiger partial charge in [-0.15, -0.1) is 0 Å². The molecule has 0 atom stereocenters. The molecule has 1 aliphatic carbocycles. The third-order valence-corrected chi connectivity index (χ3v) is 5.08. The molecule has 0 amide bonds. The van der Waals surface area contributed by atoms with Crippen LogP contribution in [0.3, 0.4) is 0 Å². The van der Waals surface area contributed by atoms with E-state index in [1.165, 1.54) is 20.8 Å². The molecule has 1 aliphatic rings. The van der Waals surface area contributed by atoms with Crippen LogP contribution in [0, 0.1) is 11.8 Å². The van der Waals surface area contributed by atoms with Crippen molar-refractivity contribution in [3.05, 3.63) is 60.8 Å². The Labute approximate surface area is 259 Å². The van der Waals surface area contributed by atoms with Crippen molar-refractivity contribution in [3.63, 3.8) is 0 Å². The van der Waals surface area contributed by atoms with E-state index in [0.29, 0.717) is 36.2 Å². The molecular weight excluding hydrogens is 580 g/mol. The van der Waals surface area contributed by atoms with Gasteiger partial charge >= 0.3 is 29.8 Å². The highest BCUT2D eigenvalue weighted by atomic mass is 16.5. The van der Waals surface area contributed by atoms with Crippen molar-refractivity contribution in [2.24, 2.45) is 11.8 Å². The Balaban J connectivity index is -0.000000272. The zero-order chi connectivity index (χ0) is 35.6. The van der Waals surface area contributed by atoms with Crippen molar-refractivity contribution >= 4 is 29.8 Å². The van der Waals surface area contributed by atoms with Crippen LogP contribution < -0.4 is 0 Å². The quantitative estimate of drug-likeness (QED) is 0.142. The van der Waals surface area contributed by atoms with Gasteiger partial charge < -0.3 is 40.1 Å². The molecule has 0 aromatic rings. The normalized spacial score (nSPS) is 14.4. The Hall–Kier alpha value is -4.07. The van der Waals surface area contributed by atoms with Crippen LogP contribution in [0.1, 0.15) is 60.3 Å². The molecule has 0 aromatic heterocycles. The summed E-state index contributed by atoms with van der Waals surface area (Å²) >= 11 is 0. The fraction of sp³-hybridized carbons (Fsp3) is 0.516. The van der Waals surface area contributed by atoms with E-state index in [0.717, 1.165) is 25.7 Å². The van der Waals surface area contributed by atoms with Gasteiger partial charge in [-0.3, -0.25) is 0 Å². The van der Waals surface area contributed by atoms with Gasteiger partial charge in [-0.25, -0.2) is 24.0 Å². The molecule has 0 unspecified atom stereocenters. The zero-order valence-corrected chi connectivity index (χ0v) is 26.5. The van der Waals surface area contributed by atoms with Gasteiger partial charge in [-0.2, -0.15) is 0 Å². The van der Waals surface area contributed by atoms with E-state index in [9.17, 15) is 24.0 Å². The number of carboxylic acid groups (broad SMARTS) is 3. The van der Waals surface area contributed by atoms with Crippen molar-refractivity contribution in [3.8, 4) is 0 Å². The number of hydrogen-bond donors (Lipinski definition) is 6. The number of carbonyl (C=O) groups excluding carboxylic acids is 2. The minimum Gasteiger partial charge on any atom is -0.478 e. The van der Waals surface area contributed by atoms with Crippen molar-refractivity contribution in [1.29, 1.82) is 0 Å². The van der Waals surface area contributed by atoms with Crippen molar-refractivity contribution < 1.29 is 64.1 Å². The zero-order valence-electron chi connectivity index (χ0n) is 26.5. The Morgan fingerprint density at radius 2 is 0.773 bits per heavy atom. The number of rotatable bonds is 11. The second-order valence-electron chi connectivity index (χ2n) is 9.92. The van der Waals surface area contributed by atoms with E-state index in [-0.39, 0.29) is 41.9 Å². The number of ether oxygens (including phenoxy) is 2. The third kappa shape index (κ3) is 32.4. The van der Waals surface area contributed by atoms with E-state index in [2.05, 4.69) is 32.9 Å². The number of esters is 2. The van der Waals surface area contributed by atoms with Gasteiger partial charge in [0.05, 0.1) is 26.4 Å². The van der Waals surface area contributed by atoms with Crippen LogP contribution in [-0.2, 0) is 33.4 Å². The predicted octanol–water partition coefficient (Wildman–Crippen LogP) is 3.30. The molecule has 0 aromatic carbocycles. The number of aliphatic carboxylic acids is 3. The maximum Gasteiger partial charge on any atom is 0.333 e. The summed E-state index contributed by atoms with van der Waals surface area (Å²) in [5.41, 5.74) is 1.40. The molecule has 0 heterocycles. The summed E-state index contributed by atoms with van der Waals surface area (Å²) in [5.74, 6) is -2.62. The summed E-state index contributed by atoms with van der Waals surface area (Å²) in [7, 11) is 0. The first-order chi connectivity index (χ1) is 20.1. The number of carboxylic acids is 3. The lowest BCUT2D eigenvalue weighted by Crippen LogP contribution is -2.24. The lowest BCUT2D eigenvalue weighted by Gasteiger charge is -2.27. The van der Waals surface area contributed by atoms with E-state index >= 15 is 0 Å². The Bertz CT molecular complexity index is 851. The largest absolute Gasteiger partial charge is 0.478 e. The number of aliphatic hydroxyl groups excluding tert-OH is 3. The highest BCUT2D eigenvalue weighted by molar-refractivity contribution is 5.87. The van der Waals surface area contributed by atoms with Crippen LogP contribution in [0.2, 0.25) is 0 Å². The molecule has 6 N–H and O–H groups in total. The molecule has 0 bridgehead atoms. The van der Waals surface area contributed by atoms with Crippen molar-refractivity contribution in [2.45, 2.75) is 66.4 Å². The molecule has 0 radical (unpaired) electrons. The SMILES string of the molecule is C=C(C)C(=O)O.C=C(C)C(=O)O.C=C(C)C(=O)O.C=C(C)C(=O)OCC1CCC(COC(=O)C(=C)C)CC1.OCC(O)CO. The summed E-state index contributed by atoms with van der Waals surface area (Å²) < 4.78 is 10.3. The molecule has 1 fully saturated rings. The van der Waals surface area contributed by atoms with Crippen LogP contribution >= 0.6 is 0 Å². The molecule has 252 valence electrons. The maximum atomic E-state index is 11.3. The molecule has 1 rings (SSSR count). The van der Waals surface area contributed by atoms with Gasteiger partial charge in [0.25, 0.3) is 0 Å². The lowest BCUT2D eigenvalue weighted by molar-refractivity contribution is -0.142. The van der Waals surface area contributed by atoms with Crippen LogP contribution in [0.25, 0.3) is 0 Å². The van der Waals surface area contributed by atoms with Gasteiger partial charge in [-0.1, -0.05) is 32.9 Å². The number of carbonyl (C=O) groups is 5. The minimum atomic E-state index is -0.954. The summed E-state index contributed by atoms with van der Waals surface area (Å²) in [6.07, 6.45) is 3.04. The second kappa shape index (κ2) is 27.7. The van der Waals surface area contributed by atoms with Gasteiger partial charge in [0.1, 0.15) is 6.10 Å². The minimum absolute atomic E-state index is 0.176. The summed E-state index contributed by atoms with van der Waals surface area (Å²) in [5, 5.41) is 47.7. The molecule has 1 saturated carbocycles. The molecule has 13 heteroatoms. The molecule has 13 nitrogen and oxygen atoms in total. The van der Waals surface area contributed by atoms with Crippen molar-refractivity contribution in [1.82, 2.24) is 0 Å². The van der Waals surface area contributed by atoms with Crippen LogP contribution in [0.4, 0.5) is 0 Å². The monoisotopic (exact) mass is 630 g/mol. The van der Waals surface area contributed by atoms with Gasteiger partial charge in [-0.05, 0) is 72.1 Å². The second-order valence-corrected chi connectivity index (χ2v) is 9.92. The molecule has 0 spiro atoms. The number of hydrogen-bond acceptors (Lipinski definition) is 10. The maximum absolute atomic E-state index is 11.3. The van der Waals surface area contributed by atoms with Gasteiger partial charge in [0, 0.05) is 27.9 Å². The van der Waals surface area contributed by atoms with Crippen LogP contribution in [0.15, 0.2) is 60.8 Å². The Kier molecular flexibility index (Phi) is 29.6. The Morgan fingerprint density at radius 1 is 0.568 bits per heavy atom. The molecular formula is C31H50O13. The van der Waals surface area contributed by atoms with E-state index < -0.39 is 24.0 Å². The molecule has 0 aliphatic heterocycles. The first-order valence-corrected chi connectivity index (χ1v) is 13.4. The standard InChI is InChI=1S/C16H24O4.3C4H6O2.C3H8O3/c1-11(2)15(17)19-9-13-5-7-14(8-6-13)10-20-16(18)12(3)4;3*1-3(2)4(5)6;4-1-3(6)2-5/h13-14H,1,3,5-10H2,2,4H3;3*1H2,2H3,(H,5,6);3-6H,1-2H2. The van der Waals surface area contributed by atoms with E-state index in [4.69, 9.17) is 40.1 Å². The molecule has 44 heavy (non-hydrogen) atoms. The fourth-order valence-corrected chi connectivity index (χ4v) is 2.26. The smallest absolute Gasteiger partial charge is 0.333 e. The predicted molar refractivity (Wildman–Crippen MR) is 165 cm³/mol. The lowest BCUT2D eigenvalue weighted by atomic mass is 9.83. The average molecular weight is 631 g/mol. The summed E-state index contributed by atoms with van der Waals surface area (Å²) in [6, 6.07) is 0. The first kappa shape index (κ1) is 46.9. The third-order valence-electron chi connectivity index (χ3n) is 5.08. The van der Waals surface area contributed by atoms with Gasteiger partial charge in [0.15, 0.2) is 0 Å². The first-order valence-electron chi connectivity index (χ1n) is 13.4. The average Bonchev–Trinajstić information content (AvgIpc) is 2.95.